The molecule has 0 amide bonds. The van der Waals surface area contributed by atoms with Crippen LogP contribution in [0.4, 0.5) is 0 Å². The number of hydrogen-bond donors (Lipinski definition) is 1. The predicted molar refractivity (Wildman–Crippen MR) is 83.7 cm³/mol. The number of nitrogens with one attached hydrogen (secondary N) is 1. The lowest BCUT2D eigenvalue weighted by Crippen LogP contribution is -2.50. The molecular weight excluding hydrogens is 246 g/mol. The Balaban J connectivity index is 1.76. The van der Waals surface area contributed by atoms with Crippen LogP contribution in [-0.2, 0) is 6.54 Å². The highest BCUT2D eigenvalue weighted by molar-refractivity contribution is 5.81. The lowest BCUT2D eigenvalue weighted by Gasteiger charge is -2.33. The molecule has 1 aromatic heterocycles. The summed E-state index contributed by atoms with van der Waals surface area (Å²) in [5.41, 5.74) is 2.50. The van der Waals surface area contributed by atoms with Crippen molar-refractivity contribution in [3.63, 3.8) is 0 Å². The first-order valence-electron chi connectivity index (χ1n) is 7.65. The molecule has 0 saturated carbocycles. The Bertz CT molecular complexity index is 560. The molecule has 1 fully saturated rings. The third-order valence-electron chi connectivity index (χ3n) is 4.09. The Labute approximate surface area is 121 Å². The molecule has 106 valence electrons. The van der Waals surface area contributed by atoms with Gasteiger partial charge in [-0.3, -0.25) is 9.88 Å². The van der Waals surface area contributed by atoms with Crippen LogP contribution in [0.5, 0.6) is 0 Å². The first kappa shape index (κ1) is 13.5. The number of piperazine rings is 1. The summed E-state index contributed by atoms with van der Waals surface area (Å²) in [6.45, 7) is 6.65. The number of rotatable bonds is 4. The average molecular weight is 269 g/mol. The van der Waals surface area contributed by atoms with E-state index in [1.807, 2.05) is 12.3 Å². The van der Waals surface area contributed by atoms with E-state index in [1.54, 1.807) is 0 Å². The second-order valence-electron chi connectivity index (χ2n) is 5.67. The van der Waals surface area contributed by atoms with Gasteiger partial charge in [-0.2, -0.15) is 0 Å². The number of aromatic nitrogens is 1. The fourth-order valence-corrected chi connectivity index (χ4v) is 3.12. The minimum absolute atomic E-state index is 0.650. The Hall–Kier alpha value is -1.45. The monoisotopic (exact) mass is 269 g/mol. The number of hydrogen-bond acceptors (Lipinski definition) is 3. The van der Waals surface area contributed by atoms with Gasteiger partial charge in [-0.1, -0.05) is 37.6 Å². The van der Waals surface area contributed by atoms with Gasteiger partial charge in [0.2, 0.25) is 0 Å². The van der Waals surface area contributed by atoms with Gasteiger partial charge in [0.15, 0.2) is 0 Å². The number of nitrogens with zero attached hydrogens (tertiary/aromatic N) is 2. The van der Waals surface area contributed by atoms with Crippen LogP contribution in [0.1, 0.15) is 25.3 Å². The van der Waals surface area contributed by atoms with E-state index in [9.17, 15) is 0 Å². The van der Waals surface area contributed by atoms with E-state index < -0.39 is 0 Å². The van der Waals surface area contributed by atoms with Crippen LogP contribution in [0.25, 0.3) is 10.9 Å². The van der Waals surface area contributed by atoms with Gasteiger partial charge < -0.3 is 5.32 Å². The third kappa shape index (κ3) is 3.00. The molecule has 3 rings (SSSR count). The van der Waals surface area contributed by atoms with Gasteiger partial charge in [-0.15, -0.1) is 0 Å². The number of benzene rings is 1. The fraction of sp³-hybridized carbons (Fsp3) is 0.471. The van der Waals surface area contributed by atoms with Gasteiger partial charge >= 0.3 is 0 Å². The average Bonchev–Trinajstić information content (AvgIpc) is 2.48. The Morgan fingerprint density at radius 1 is 1.30 bits per heavy atom. The second-order valence-corrected chi connectivity index (χ2v) is 5.67. The normalized spacial score (nSPS) is 20.4. The van der Waals surface area contributed by atoms with Gasteiger partial charge in [0.1, 0.15) is 0 Å². The topological polar surface area (TPSA) is 28.2 Å². The molecule has 2 heterocycles. The lowest BCUT2D eigenvalue weighted by molar-refractivity contribution is 0.187. The fourth-order valence-electron chi connectivity index (χ4n) is 3.12. The van der Waals surface area contributed by atoms with Gasteiger partial charge in [0.25, 0.3) is 0 Å². The van der Waals surface area contributed by atoms with E-state index in [1.165, 1.54) is 23.8 Å². The molecule has 0 bridgehead atoms. The van der Waals surface area contributed by atoms with E-state index in [-0.39, 0.29) is 0 Å². The van der Waals surface area contributed by atoms with Crippen LogP contribution >= 0.6 is 0 Å². The molecule has 0 spiro atoms. The Kier molecular flexibility index (Phi) is 4.28. The summed E-state index contributed by atoms with van der Waals surface area (Å²) in [7, 11) is 0. The van der Waals surface area contributed by atoms with E-state index in [0.717, 1.165) is 31.7 Å². The summed E-state index contributed by atoms with van der Waals surface area (Å²) >= 11 is 0. The van der Waals surface area contributed by atoms with Crippen molar-refractivity contribution < 1.29 is 0 Å². The van der Waals surface area contributed by atoms with Crippen LogP contribution < -0.4 is 5.32 Å². The number of fused-ring (bicyclic) bond motifs is 1. The first-order chi connectivity index (χ1) is 9.86. The molecule has 0 aliphatic carbocycles. The molecule has 1 aliphatic rings. The van der Waals surface area contributed by atoms with Crippen molar-refractivity contribution in [2.75, 3.05) is 19.6 Å². The van der Waals surface area contributed by atoms with Crippen molar-refractivity contribution in [2.24, 2.45) is 0 Å². The minimum atomic E-state index is 0.650. The molecule has 1 N–H and O–H groups in total. The smallest absolute Gasteiger partial charge is 0.0746 e. The van der Waals surface area contributed by atoms with Gasteiger partial charge in [0, 0.05) is 43.8 Å². The quantitative estimate of drug-likeness (QED) is 0.925. The second kappa shape index (κ2) is 6.33. The van der Waals surface area contributed by atoms with Crippen LogP contribution in [-0.4, -0.2) is 35.6 Å². The maximum Gasteiger partial charge on any atom is 0.0746 e. The molecule has 1 aromatic carbocycles. The van der Waals surface area contributed by atoms with Crippen molar-refractivity contribution >= 4 is 10.9 Å². The van der Waals surface area contributed by atoms with Gasteiger partial charge in [-0.05, 0) is 18.1 Å². The largest absolute Gasteiger partial charge is 0.311 e. The van der Waals surface area contributed by atoms with Crippen LogP contribution in [0.3, 0.4) is 0 Å². The number of pyridine rings is 1. The molecule has 1 atom stereocenters. The molecule has 20 heavy (non-hydrogen) atoms. The summed E-state index contributed by atoms with van der Waals surface area (Å²) in [6.07, 6.45) is 4.41. The first-order valence-corrected chi connectivity index (χ1v) is 7.65. The van der Waals surface area contributed by atoms with Crippen molar-refractivity contribution in [3.05, 3.63) is 42.1 Å². The van der Waals surface area contributed by atoms with Crippen molar-refractivity contribution in [1.82, 2.24) is 15.2 Å². The minimum Gasteiger partial charge on any atom is -0.311 e. The van der Waals surface area contributed by atoms with Crippen LogP contribution in [0.15, 0.2) is 36.5 Å². The molecular formula is C17H23N3. The summed E-state index contributed by atoms with van der Waals surface area (Å²) in [5, 5.41) is 4.86. The molecule has 1 saturated heterocycles. The zero-order chi connectivity index (χ0) is 13.8. The maximum atomic E-state index is 4.56. The summed E-state index contributed by atoms with van der Waals surface area (Å²) in [5.74, 6) is 0. The summed E-state index contributed by atoms with van der Waals surface area (Å²) in [6, 6.07) is 11.3. The van der Waals surface area contributed by atoms with Gasteiger partial charge in [0.05, 0.1) is 5.52 Å². The lowest BCUT2D eigenvalue weighted by atomic mass is 10.1. The maximum absolute atomic E-state index is 4.56. The zero-order valence-electron chi connectivity index (χ0n) is 12.2. The highest BCUT2D eigenvalue weighted by Crippen LogP contribution is 2.18. The van der Waals surface area contributed by atoms with Crippen LogP contribution in [0.2, 0.25) is 0 Å². The van der Waals surface area contributed by atoms with Crippen LogP contribution in [0, 0.1) is 0 Å². The van der Waals surface area contributed by atoms with E-state index in [2.05, 4.69) is 46.4 Å². The van der Waals surface area contributed by atoms with Crippen molar-refractivity contribution in [3.8, 4) is 0 Å². The highest BCUT2D eigenvalue weighted by atomic mass is 15.2. The molecule has 3 heteroatoms. The molecule has 1 aliphatic heterocycles. The van der Waals surface area contributed by atoms with E-state index in [4.69, 9.17) is 0 Å². The summed E-state index contributed by atoms with van der Waals surface area (Å²) in [4.78, 5) is 7.12. The summed E-state index contributed by atoms with van der Waals surface area (Å²) < 4.78 is 0. The van der Waals surface area contributed by atoms with E-state index >= 15 is 0 Å². The van der Waals surface area contributed by atoms with Crippen molar-refractivity contribution in [2.45, 2.75) is 32.4 Å². The Morgan fingerprint density at radius 3 is 3.10 bits per heavy atom. The standard InChI is InChI=1S/C17H23N3/c1-2-5-16-13-20(11-10-18-16)12-15-7-3-6-14-8-4-9-19-17(14)15/h3-4,6-9,16,18H,2,5,10-13H2,1H3. The molecule has 3 nitrogen and oxygen atoms in total. The SMILES string of the molecule is CCCC1CN(Cc2cccc3cccnc23)CCN1. The van der Waals surface area contributed by atoms with E-state index in [0.29, 0.717) is 6.04 Å². The molecule has 2 aromatic rings. The van der Waals surface area contributed by atoms with Gasteiger partial charge in [-0.25, -0.2) is 0 Å². The third-order valence-corrected chi connectivity index (χ3v) is 4.09. The molecule has 0 radical (unpaired) electrons. The Morgan fingerprint density at radius 2 is 2.20 bits per heavy atom. The van der Waals surface area contributed by atoms with Crippen molar-refractivity contribution in [1.29, 1.82) is 0 Å². The highest BCUT2D eigenvalue weighted by Gasteiger charge is 2.19. The molecule has 1 unspecified atom stereocenters. The zero-order valence-corrected chi connectivity index (χ0v) is 12.2. The predicted octanol–water partition coefficient (Wildman–Crippen LogP) is 2.81. The number of para-hydroxylation sites is 1.